The summed E-state index contributed by atoms with van der Waals surface area (Å²) < 4.78 is 0. The van der Waals surface area contributed by atoms with E-state index < -0.39 is 0 Å². The largest absolute Gasteiger partial charge is 0.365 e. The van der Waals surface area contributed by atoms with E-state index in [0.717, 1.165) is 12.2 Å². The van der Waals surface area contributed by atoms with Gasteiger partial charge in [-0.25, -0.2) is 10.8 Å². The Balaban J connectivity index is 2.76. The van der Waals surface area contributed by atoms with E-state index in [9.17, 15) is 0 Å². The van der Waals surface area contributed by atoms with Gasteiger partial charge in [0.1, 0.15) is 11.6 Å². The van der Waals surface area contributed by atoms with Crippen molar-refractivity contribution in [2.45, 2.75) is 32.7 Å². The molecule has 1 heterocycles. The molecule has 1 rings (SSSR count). The lowest BCUT2D eigenvalue weighted by molar-refractivity contribution is 0.545. The molecular weight excluding hydrogens is 176 g/mol. The maximum Gasteiger partial charge on any atom is 0.142 e. The lowest BCUT2D eigenvalue weighted by Crippen LogP contribution is -2.30. The zero-order valence-corrected chi connectivity index (χ0v) is 8.96. The average molecular weight is 194 g/mol. The minimum atomic E-state index is 0.0558. The predicted molar refractivity (Wildman–Crippen MR) is 60.0 cm³/mol. The van der Waals surface area contributed by atoms with Crippen molar-refractivity contribution in [1.29, 1.82) is 0 Å². The second-order valence-corrected chi connectivity index (χ2v) is 3.91. The van der Waals surface area contributed by atoms with Crippen LogP contribution in [0.3, 0.4) is 0 Å². The summed E-state index contributed by atoms with van der Waals surface area (Å²) in [7, 11) is 0. The molecule has 0 aliphatic heterocycles. The van der Waals surface area contributed by atoms with Crippen LogP contribution in [0.25, 0.3) is 0 Å². The maximum atomic E-state index is 5.27. The number of rotatable bonds is 4. The van der Waals surface area contributed by atoms with Crippen LogP contribution in [0.2, 0.25) is 0 Å². The number of nitrogen functional groups attached to an aromatic ring is 1. The Bertz CT molecular complexity index is 296. The first-order valence-electron chi connectivity index (χ1n) is 4.79. The molecule has 4 nitrogen and oxygen atoms in total. The molecule has 0 atom stereocenters. The van der Waals surface area contributed by atoms with Gasteiger partial charge in [-0.05, 0) is 32.4 Å². The van der Waals surface area contributed by atoms with Crippen molar-refractivity contribution in [3.63, 3.8) is 0 Å². The quantitative estimate of drug-likeness (QED) is 0.506. The first-order valence-corrected chi connectivity index (χ1v) is 4.79. The van der Waals surface area contributed by atoms with Gasteiger partial charge < -0.3 is 10.7 Å². The van der Waals surface area contributed by atoms with E-state index in [0.29, 0.717) is 5.82 Å². The van der Waals surface area contributed by atoms with Crippen LogP contribution in [-0.4, -0.2) is 10.5 Å². The Morgan fingerprint density at radius 2 is 2.00 bits per heavy atom. The van der Waals surface area contributed by atoms with Crippen molar-refractivity contribution < 1.29 is 0 Å². The summed E-state index contributed by atoms with van der Waals surface area (Å²) in [5, 5.41) is 3.34. The van der Waals surface area contributed by atoms with Gasteiger partial charge in [0.25, 0.3) is 0 Å². The topological polar surface area (TPSA) is 63.0 Å². The highest BCUT2D eigenvalue weighted by molar-refractivity contribution is 5.45. The van der Waals surface area contributed by atoms with E-state index in [1.165, 1.54) is 0 Å². The molecule has 0 amide bonds. The number of hydrogen-bond acceptors (Lipinski definition) is 4. The second-order valence-electron chi connectivity index (χ2n) is 3.91. The molecule has 14 heavy (non-hydrogen) atoms. The zero-order chi connectivity index (χ0) is 10.6. The van der Waals surface area contributed by atoms with E-state index in [4.69, 9.17) is 5.84 Å². The molecule has 0 aliphatic rings. The molecule has 0 saturated heterocycles. The molecule has 78 valence electrons. The second kappa shape index (κ2) is 4.28. The van der Waals surface area contributed by atoms with E-state index in [1.807, 2.05) is 18.2 Å². The molecular formula is C10H18N4. The Labute approximate surface area is 84.9 Å². The first-order chi connectivity index (χ1) is 6.57. The number of hydrogen-bond donors (Lipinski definition) is 3. The van der Waals surface area contributed by atoms with Crippen molar-refractivity contribution in [3.05, 3.63) is 18.2 Å². The summed E-state index contributed by atoms with van der Waals surface area (Å²) in [5.41, 5.74) is 2.58. The van der Waals surface area contributed by atoms with E-state index in [1.54, 1.807) is 0 Å². The highest BCUT2D eigenvalue weighted by atomic mass is 15.3. The van der Waals surface area contributed by atoms with Crippen LogP contribution in [0.4, 0.5) is 11.6 Å². The third kappa shape index (κ3) is 2.88. The van der Waals surface area contributed by atoms with Crippen molar-refractivity contribution in [2.75, 3.05) is 10.7 Å². The van der Waals surface area contributed by atoms with Crippen molar-refractivity contribution in [2.24, 2.45) is 5.84 Å². The molecule has 0 aromatic carbocycles. The van der Waals surface area contributed by atoms with Crippen molar-refractivity contribution in [1.82, 2.24) is 4.98 Å². The zero-order valence-electron chi connectivity index (χ0n) is 8.96. The van der Waals surface area contributed by atoms with Crippen LogP contribution in [0.5, 0.6) is 0 Å². The average Bonchev–Trinajstić information content (AvgIpc) is 2.17. The molecule has 1 aromatic heterocycles. The van der Waals surface area contributed by atoms with E-state index in [-0.39, 0.29) is 5.54 Å². The lowest BCUT2D eigenvalue weighted by Gasteiger charge is -2.25. The number of aromatic nitrogens is 1. The fourth-order valence-corrected chi connectivity index (χ4v) is 1.02. The molecule has 0 radical (unpaired) electrons. The van der Waals surface area contributed by atoms with Gasteiger partial charge >= 0.3 is 0 Å². The Morgan fingerprint density at radius 1 is 1.36 bits per heavy atom. The SMILES string of the molecule is CCC(C)(C)Nc1cccc(NN)n1. The number of pyridine rings is 1. The third-order valence-corrected chi connectivity index (χ3v) is 2.25. The van der Waals surface area contributed by atoms with Gasteiger partial charge in [-0.2, -0.15) is 0 Å². The maximum absolute atomic E-state index is 5.27. The van der Waals surface area contributed by atoms with Crippen LogP contribution in [0.1, 0.15) is 27.2 Å². The van der Waals surface area contributed by atoms with Crippen LogP contribution < -0.4 is 16.6 Å². The van der Waals surface area contributed by atoms with Crippen LogP contribution >= 0.6 is 0 Å². The van der Waals surface area contributed by atoms with Gasteiger partial charge in [0, 0.05) is 5.54 Å². The number of nitrogens with one attached hydrogen (secondary N) is 2. The first kappa shape index (κ1) is 10.8. The molecule has 0 saturated carbocycles. The normalized spacial score (nSPS) is 11.1. The highest BCUT2D eigenvalue weighted by Crippen LogP contribution is 2.16. The number of nitrogens with two attached hydrogens (primary N) is 1. The summed E-state index contributed by atoms with van der Waals surface area (Å²) in [4.78, 5) is 4.28. The lowest BCUT2D eigenvalue weighted by atomic mass is 10.0. The van der Waals surface area contributed by atoms with E-state index >= 15 is 0 Å². The van der Waals surface area contributed by atoms with Gasteiger partial charge in [-0.3, -0.25) is 0 Å². The predicted octanol–water partition coefficient (Wildman–Crippen LogP) is 1.97. The van der Waals surface area contributed by atoms with Gasteiger partial charge in [-0.15, -0.1) is 0 Å². The van der Waals surface area contributed by atoms with Gasteiger partial charge in [-0.1, -0.05) is 13.0 Å². The van der Waals surface area contributed by atoms with Gasteiger partial charge in [0.05, 0.1) is 0 Å². The van der Waals surface area contributed by atoms with Crippen LogP contribution in [0.15, 0.2) is 18.2 Å². The molecule has 0 aliphatic carbocycles. The summed E-state index contributed by atoms with van der Waals surface area (Å²) in [6.45, 7) is 6.41. The van der Waals surface area contributed by atoms with Gasteiger partial charge in [0.2, 0.25) is 0 Å². The van der Waals surface area contributed by atoms with E-state index in [2.05, 4.69) is 36.5 Å². The molecule has 4 heteroatoms. The Hall–Kier alpha value is -1.29. The van der Waals surface area contributed by atoms with Crippen LogP contribution in [0, 0.1) is 0 Å². The highest BCUT2D eigenvalue weighted by Gasteiger charge is 2.14. The van der Waals surface area contributed by atoms with Gasteiger partial charge in [0.15, 0.2) is 0 Å². The number of hydrazine groups is 1. The molecule has 4 N–H and O–H groups in total. The fourth-order valence-electron chi connectivity index (χ4n) is 1.02. The molecule has 1 aromatic rings. The molecule has 0 fully saturated rings. The summed E-state index contributed by atoms with van der Waals surface area (Å²) in [6.07, 6.45) is 1.04. The standard InChI is InChI=1S/C10H18N4/c1-4-10(2,3)13-8-6-5-7-9(12-8)14-11/h5-7H,4,11H2,1-3H3,(H2,12,13,14). The summed E-state index contributed by atoms with van der Waals surface area (Å²) >= 11 is 0. The monoisotopic (exact) mass is 194 g/mol. The summed E-state index contributed by atoms with van der Waals surface area (Å²) in [6, 6.07) is 5.67. The minimum Gasteiger partial charge on any atom is -0.365 e. The summed E-state index contributed by atoms with van der Waals surface area (Å²) in [5.74, 6) is 6.78. The molecule has 0 spiro atoms. The fraction of sp³-hybridized carbons (Fsp3) is 0.500. The number of anilines is 2. The number of nitrogens with zero attached hydrogens (tertiary/aromatic N) is 1. The molecule has 0 unspecified atom stereocenters. The third-order valence-electron chi connectivity index (χ3n) is 2.25. The Kier molecular flexibility index (Phi) is 3.30. The minimum absolute atomic E-state index is 0.0558. The van der Waals surface area contributed by atoms with Crippen molar-refractivity contribution in [3.8, 4) is 0 Å². The smallest absolute Gasteiger partial charge is 0.142 e. The molecule has 0 bridgehead atoms. The Morgan fingerprint density at radius 3 is 2.57 bits per heavy atom. The van der Waals surface area contributed by atoms with Crippen molar-refractivity contribution >= 4 is 11.6 Å². The van der Waals surface area contributed by atoms with Crippen LogP contribution in [-0.2, 0) is 0 Å².